The summed E-state index contributed by atoms with van der Waals surface area (Å²) in [5, 5.41) is 2.63. The van der Waals surface area contributed by atoms with Crippen LogP contribution in [0.2, 0.25) is 0 Å². The maximum absolute atomic E-state index is 13.4. The fourth-order valence-electron chi connectivity index (χ4n) is 4.15. The van der Waals surface area contributed by atoms with Gasteiger partial charge in [-0.1, -0.05) is 12.1 Å². The minimum atomic E-state index is -4.56. The molecule has 0 spiro atoms. The first-order valence-corrected chi connectivity index (χ1v) is 11.5. The number of hydrogen-bond donors (Lipinski definition) is 1. The van der Waals surface area contributed by atoms with E-state index in [4.69, 9.17) is 0 Å². The number of rotatable bonds is 4. The van der Waals surface area contributed by atoms with Crippen LogP contribution in [0.4, 0.5) is 35.2 Å². The number of carbonyl (C=O) groups is 2. The molecule has 0 aliphatic carbocycles. The lowest BCUT2D eigenvalue weighted by Crippen LogP contribution is -2.46. The minimum absolute atomic E-state index is 0.133. The predicted octanol–water partition coefficient (Wildman–Crippen LogP) is 5.69. The van der Waals surface area contributed by atoms with Gasteiger partial charge < -0.3 is 5.32 Å². The lowest BCUT2D eigenvalue weighted by Gasteiger charge is -2.35. The Labute approximate surface area is 215 Å². The average molecular weight is 518 g/mol. The lowest BCUT2D eigenvalue weighted by atomic mass is 10.1. The van der Waals surface area contributed by atoms with E-state index in [9.17, 15) is 22.8 Å². The zero-order valence-electron chi connectivity index (χ0n) is 20.3. The maximum atomic E-state index is 13.4. The van der Waals surface area contributed by atoms with Crippen molar-refractivity contribution in [1.82, 2.24) is 15.0 Å². The van der Waals surface area contributed by atoms with Crippen LogP contribution in [0.15, 0.2) is 73.2 Å². The molecule has 1 N–H and O–H groups in total. The second-order valence-corrected chi connectivity index (χ2v) is 8.75. The Morgan fingerprint density at radius 3 is 2.61 bits per heavy atom. The normalized spacial score (nSPS) is 13.3. The molecule has 0 fully saturated rings. The average Bonchev–Trinajstić information content (AvgIpc) is 2.92. The van der Waals surface area contributed by atoms with Crippen molar-refractivity contribution >= 4 is 29.1 Å². The second kappa shape index (κ2) is 9.58. The number of fused-ring (bicyclic) bond motifs is 1. The van der Waals surface area contributed by atoms with Gasteiger partial charge in [0.05, 0.1) is 17.8 Å². The van der Waals surface area contributed by atoms with Gasteiger partial charge in [0, 0.05) is 48.0 Å². The third-order valence-corrected chi connectivity index (χ3v) is 6.14. The SMILES string of the molecule is Cc1ccc(NC(=O)c2cccc(C(F)(F)F)c2)cc1N1Cc2cnc(-c3cccnc3)nc2N(C)C1=O. The van der Waals surface area contributed by atoms with Crippen molar-refractivity contribution in [2.24, 2.45) is 0 Å². The van der Waals surface area contributed by atoms with Gasteiger partial charge >= 0.3 is 12.2 Å². The van der Waals surface area contributed by atoms with Crippen LogP contribution in [0, 0.1) is 6.92 Å². The molecular formula is C27H21F3N6O2. The van der Waals surface area contributed by atoms with Crippen molar-refractivity contribution in [3.8, 4) is 11.4 Å². The molecule has 0 atom stereocenters. The number of hydrogen-bond acceptors (Lipinski definition) is 5. The number of benzene rings is 2. The Hall–Kier alpha value is -4.80. The molecule has 1 aliphatic heterocycles. The Morgan fingerprint density at radius 1 is 1.05 bits per heavy atom. The summed E-state index contributed by atoms with van der Waals surface area (Å²) in [4.78, 5) is 42.1. The van der Waals surface area contributed by atoms with Crippen LogP contribution < -0.4 is 15.1 Å². The Morgan fingerprint density at radius 2 is 1.87 bits per heavy atom. The lowest BCUT2D eigenvalue weighted by molar-refractivity contribution is -0.137. The summed E-state index contributed by atoms with van der Waals surface area (Å²) < 4.78 is 39.2. The number of aromatic nitrogens is 3. The fraction of sp³-hybridized carbons (Fsp3) is 0.148. The minimum Gasteiger partial charge on any atom is -0.322 e. The van der Waals surface area contributed by atoms with Crippen LogP contribution in [-0.4, -0.2) is 33.9 Å². The van der Waals surface area contributed by atoms with Gasteiger partial charge in [-0.15, -0.1) is 0 Å². The van der Waals surface area contributed by atoms with E-state index in [1.807, 2.05) is 13.0 Å². The molecule has 11 heteroatoms. The summed E-state index contributed by atoms with van der Waals surface area (Å²) in [6.07, 6.45) is 0.386. The van der Waals surface area contributed by atoms with Crippen LogP contribution in [0.3, 0.4) is 0 Å². The van der Waals surface area contributed by atoms with Gasteiger partial charge in [0.2, 0.25) is 0 Å². The van der Waals surface area contributed by atoms with E-state index in [0.29, 0.717) is 23.0 Å². The highest BCUT2D eigenvalue weighted by atomic mass is 19.4. The van der Waals surface area contributed by atoms with E-state index in [0.717, 1.165) is 28.8 Å². The summed E-state index contributed by atoms with van der Waals surface area (Å²) in [5.41, 5.74) is 2.02. The van der Waals surface area contributed by atoms with Crippen molar-refractivity contribution in [2.45, 2.75) is 19.6 Å². The molecular weight excluding hydrogens is 497 g/mol. The highest BCUT2D eigenvalue weighted by molar-refractivity contribution is 6.07. The Bertz CT molecular complexity index is 1540. The molecule has 2 aromatic carbocycles. The molecule has 0 unspecified atom stereocenters. The summed E-state index contributed by atoms with van der Waals surface area (Å²) in [5.74, 6) is 0.224. The third-order valence-electron chi connectivity index (χ3n) is 6.14. The van der Waals surface area contributed by atoms with Gasteiger partial charge in [-0.2, -0.15) is 13.2 Å². The van der Waals surface area contributed by atoms with Crippen LogP contribution in [-0.2, 0) is 12.7 Å². The van der Waals surface area contributed by atoms with Gasteiger partial charge in [0.25, 0.3) is 5.91 Å². The largest absolute Gasteiger partial charge is 0.416 e. The first kappa shape index (κ1) is 24.9. The van der Waals surface area contributed by atoms with Gasteiger partial charge in [-0.25, -0.2) is 14.8 Å². The maximum Gasteiger partial charge on any atom is 0.416 e. The number of amides is 3. The molecule has 0 saturated carbocycles. The quantitative estimate of drug-likeness (QED) is 0.375. The molecule has 8 nitrogen and oxygen atoms in total. The van der Waals surface area contributed by atoms with Crippen molar-refractivity contribution in [1.29, 1.82) is 0 Å². The van der Waals surface area contributed by atoms with E-state index in [1.54, 1.807) is 49.9 Å². The molecule has 38 heavy (non-hydrogen) atoms. The van der Waals surface area contributed by atoms with Crippen molar-refractivity contribution in [3.63, 3.8) is 0 Å². The zero-order valence-corrected chi connectivity index (χ0v) is 20.3. The van der Waals surface area contributed by atoms with Gasteiger partial charge in [0.15, 0.2) is 5.82 Å². The van der Waals surface area contributed by atoms with E-state index in [2.05, 4.69) is 20.3 Å². The second-order valence-electron chi connectivity index (χ2n) is 8.75. The van der Waals surface area contributed by atoms with E-state index < -0.39 is 17.6 Å². The molecule has 192 valence electrons. The number of alkyl halides is 3. The molecule has 0 radical (unpaired) electrons. The standard InChI is InChI=1S/C27H21F3N6O2/c1-16-8-9-21(33-25(37)17-5-3-7-20(11-17)27(28,29)30)12-22(16)36-15-19-14-32-23(18-6-4-10-31-13-18)34-24(19)35(2)26(36)38/h3-14H,15H2,1-2H3,(H,33,37). The molecule has 1 aliphatic rings. The fourth-order valence-corrected chi connectivity index (χ4v) is 4.15. The molecule has 0 bridgehead atoms. The van der Waals surface area contributed by atoms with Crippen molar-refractivity contribution < 1.29 is 22.8 Å². The predicted molar refractivity (Wildman–Crippen MR) is 136 cm³/mol. The molecule has 3 heterocycles. The first-order valence-electron chi connectivity index (χ1n) is 11.5. The number of nitrogens with one attached hydrogen (secondary N) is 1. The van der Waals surface area contributed by atoms with Gasteiger partial charge in [-0.05, 0) is 55.0 Å². The van der Waals surface area contributed by atoms with Crippen molar-refractivity contribution in [2.75, 3.05) is 22.2 Å². The van der Waals surface area contributed by atoms with E-state index in [-0.39, 0.29) is 18.1 Å². The van der Waals surface area contributed by atoms with Gasteiger partial charge in [-0.3, -0.25) is 19.6 Å². The molecule has 3 amide bonds. The number of halogens is 3. The van der Waals surface area contributed by atoms with Crippen LogP contribution in [0.5, 0.6) is 0 Å². The number of pyridine rings is 1. The first-order chi connectivity index (χ1) is 18.1. The molecule has 0 saturated heterocycles. The zero-order chi connectivity index (χ0) is 27.0. The van der Waals surface area contributed by atoms with E-state index in [1.165, 1.54) is 21.9 Å². The molecule has 2 aromatic heterocycles. The monoisotopic (exact) mass is 518 g/mol. The van der Waals surface area contributed by atoms with Gasteiger partial charge in [0.1, 0.15) is 5.82 Å². The van der Waals surface area contributed by atoms with Crippen LogP contribution in [0.1, 0.15) is 27.0 Å². The summed E-state index contributed by atoms with van der Waals surface area (Å²) >= 11 is 0. The summed E-state index contributed by atoms with van der Waals surface area (Å²) in [7, 11) is 1.61. The van der Waals surface area contributed by atoms with Crippen LogP contribution in [0.25, 0.3) is 11.4 Å². The number of anilines is 3. The topological polar surface area (TPSA) is 91.3 Å². The summed E-state index contributed by atoms with van der Waals surface area (Å²) in [6.45, 7) is 2.01. The molecule has 4 aromatic rings. The number of aryl methyl sites for hydroxylation is 1. The number of carbonyl (C=O) groups excluding carboxylic acids is 2. The smallest absolute Gasteiger partial charge is 0.322 e. The Balaban J connectivity index is 1.41. The number of urea groups is 1. The third kappa shape index (κ3) is 4.77. The highest BCUT2D eigenvalue weighted by Crippen LogP contribution is 2.34. The number of nitrogens with zero attached hydrogens (tertiary/aromatic N) is 5. The summed E-state index contributed by atoms with van der Waals surface area (Å²) in [6, 6.07) is 12.4. The molecule has 5 rings (SSSR count). The van der Waals surface area contributed by atoms with E-state index >= 15 is 0 Å². The van der Waals surface area contributed by atoms with Crippen LogP contribution >= 0.6 is 0 Å². The van der Waals surface area contributed by atoms with Crippen molar-refractivity contribution in [3.05, 3.63) is 95.4 Å². The highest BCUT2D eigenvalue weighted by Gasteiger charge is 2.32. The Kier molecular flexibility index (Phi) is 6.27.